The van der Waals surface area contributed by atoms with Crippen molar-refractivity contribution in [1.82, 2.24) is 14.5 Å². The van der Waals surface area contributed by atoms with E-state index in [-0.39, 0.29) is 0 Å². The molecule has 0 saturated carbocycles. The number of rotatable bonds is 6. The zero-order valence-corrected chi connectivity index (χ0v) is 15.1. The Labute approximate surface area is 151 Å². The molecule has 0 bridgehead atoms. The molecule has 0 radical (unpaired) electrons. The summed E-state index contributed by atoms with van der Waals surface area (Å²) >= 11 is 0. The maximum absolute atomic E-state index is 5.50. The lowest BCUT2D eigenvalue weighted by atomic mass is 10.1. The van der Waals surface area contributed by atoms with E-state index in [0.717, 1.165) is 39.7 Å². The largest absolute Gasteiger partial charge is 0.493 e. The van der Waals surface area contributed by atoms with Crippen molar-refractivity contribution in [3.8, 4) is 22.8 Å². The predicted molar refractivity (Wildman–Crippen MR) is 102 cm³/mol. The number of nitrogens with zero attached hydrogens (tertiary/aromatic N) is 2. The molecule has 0 aliphatic heterocycles. The molecule has 0 saturated heterocycles. The lowest BCUT2D eigenvalue weighted by Crippen LogP contribution is -2.02. The number of ether oxygens (including phenoxy) is 3. The van der Waals surface area contributed by atoms with E-state index in [1.54, 1.807) is 27.5 Å². The Kier molecular flexibility index (Phi) is 4.26. The van der Waals surface area contributed by atoms with Gasteiger partial charge in [0.1, 0.15) is 5.65 Å². The fraction of sp³-hybridized carbons (Fsp3) is 0.250. The molecule has 1 aromatic carbocycles. The number of fused-ring (bicyclic) bond motifs is 2. The molecule has 1 N–H and O–H groups in total. The third kappa shape index (κ3) is 2.68. The molecule has 3 heterocycles. The van der Waals surface area contributed by atoms with Gasteiger partial charge in [0.2, 0.25) is 0 Å². The molecule has 0 atom stereocenters. The first-order valence-electron chi connectivity index (χ1n) is 8.43. The van der Waals surface area contributed by atoms with Crippen molar-refractivity contribution in [1.29, 1.82) is 0 Å². The van der Waals surface area contributed by atoms with Crippen molar-refractivity contribution in [2.24, 2.45) is 0 Å². The van der Waals surface area contributed by atoms with Gasteiger partial charge >= 0.3 is 0 Å². The van der Waals surface area contributed by atoms with Gasteiger partial charge in [0.25, 0.3) is 0 Å². The van der Waals surface area contributed by atoms with Crippen LogP contribution >= 0.6 is 0 Å². The van der Waals surface area contributed by atoms with Gasteiger partial charge in [-0.05, 0) is 24.3 Å². The number of aromatic amines is 1. The highest BCUT2D eigenvalue weighted by Gasteiger charge is 2.16. The van der Waals surface area contributed by atoms with Crippen molar-refractivity contribution >= 4 is 21.9 Å². The number of pyridine rings is 1. The molecule has 134 valence electrons. The Balaban J connectivity index is 1.95. The summed E-state index contributed by atoms with van der Waals surface area (Å²) in [5, 5.41) is 2.17. The van der Waals surface area contributed by atoms with E-state index in [1.165, 1.54) is 0 Å². The van der Waals surface area contributed by atoms with Crippen molar-refractivity contribution in [2.75, 3.05) is 27.9 Å². The quantitative estimate of drug-likeness (QED) is 0.573. The first kappa shape index (κ1) is 16.5. The Hall–Kier alpha value is -2.99. The molecule has 0 aliphatic carbocycles. The average molecular weight is 351 g/mol. The summed E-state index contributed by atoms with van der Waals surface area (Å²) in [6, 6.07) is 10.1. The number of aromatic nitrogens is 3. The zero-order chi connectivity index (χ0) is 18.1. The maximum atomic E-state index is 5.50. The second kappa shape index (κ2) is 6.72. The highest BCUT2D eigenvalue weighted by atomic mass is 16.5. The van der Waals surface area contributed by atoms with Gasteiger partial charge in [0, 0.05) is 54.1 Å². The number of benzene rings is 1. The van der Waals surface area contributed by atoms with E-state index in [0.29, 0.717) is 18.1 Å². The van der Waals surface area contributed by atoms with Crippen LogP contribution in [0.25, 0.3) is 33.2 Å². The molecule has 0 spiro atoms. The minimum Gasteiger partial charge on any atom is -0.493 e. The van der Waals surface area contributed by atoms with Crippen LogP contribution in [-0.2, 0) is 11.3 Å². The van der Waals surface area contributed by atoms with E-state index >= 15 is 0 Å². The van der Waals surface area contributed by atoms with E-state index in [4.69, 9.17) is 14.2 Å². The molecule has 26 heavy (non-hydrogen) atoms. The van der Waals surface area contributed by atoms with Crippen LogP contribution in [0.15, 0.2) is 42.7 Å². The molecule has 6 nitrogen and oxygen atoms in total. The number of hydrogen-bond acceptors (Lipinski definition) is 4. The molecular formula is C20H21N3O3. The zero-order valence-electron chi connectivity index (χ0n) is 15.1. The Morgan fingerprint density at radius 2 is 1.88 bits per heavy atom. The van der Waals surface area contributed by atoms with Crippen LogP contribution in [0, 0.1) is 0 Å². The third-order valence-electron chi connectivity index (χ3n) is 4.60. The SMILES string of the molecule is COCCn1cc(-c2cc3cccnc3[nH]2)c2cc(OC)c(OC)cc21. The second-order valence-electron chi connectivity index (χ2n) is 6.08. The van der Waals surface area contributed by atoms with E-state index in [2.05, 4.69) is 32.9 Å². The van der Waals surface area contributed by atoms with Crippen molar-refractivity contribution < 1.29 is 14.2 Å². The van der Waals surface area contributed by atoms with Crippen LogP contribution in [0.2, 0.25) is 0 Å². The number of nitrogens with one attached hydrogen (secondary N) is 1. The number of H-pyrrole nitrogens is 1. The Morgan fingerprint density at radius 3 is 2.62 bits per heavy atom. The number of hydrogen-bond donors (Lipinski definition) is 1. The highest BCUT2D eigenvalue weighted by molar-refractivity contribution is 5.99. The molecule has 6 heteroatoms. The Morgan fingerprint density at radius 1 is 1.08 bits per heavy atom. The van der Waals surface area contributed by atoms with Gasteiger partial charge in [-0.2, -0.15) is 0 Å². The second-order valence-corrected chi connectivity index (χ2v) is 6.08. The minimum atomic E-state index is 0.631. The molecule has 0 fully saturated rings. The summed E-state index contributed by atoms with van der Waals surface area (Å²) in [4.78, 5) is 7.81. The molecule has 4 aromatic rings. The first-order chi connectivity index (χ1) is 12.7. The van der Waals surface area contributed by atoms with Crippen LogP contribution in [0.5, 0.6) is 11.5 Å². The molecule has 3 aromatic heterocycles. The summed E-state index contributed by atoms with van der Waals surface area (Å²) in [6.07, 6.45) is 3.92. The molecule has 0 aliphatic rings. The first-order valence-corrected chi connectivity index (χ1v) is 8.43. The topological polar surface area (TPSA) is 61.3 Å². The third-order valence-corrected chi connectivity index (χ3v) is 4.60. The summed E-state index contributed by atoms with van der Waals surface area (Å²) in [7, 11) is 5.01. The van der Waals surface area contributed by atoms with Crippen LogP contribution in [-0.4, -0.2) is 42.5 Å². The van der Waals surface area contributed by atoms with Gasteiger partial charge in [-0.25, -0.2) is 4.98 Å². The summed E-state index contributed by atoms with van der Waals surface area (Å²) in [5.74, 6) is 1.42. The summed E-state index contributed by atoms with van der Waals surface area (Å²) < 4.78 is 18.4. The summed E-state index contributed by atoms with van der Waals surface area (Å²) in [5.41, 5.74) is 4.06. The minimum absolute atomic E-state index is 0.631. The predicted octanol–water partition coefficient (Wildman–Crippen LogP) is 3.85. The highest BCUT2D eigenvalue weighted by Crippen LogP contribution is 2.38. The lowest BCUT2D eigenvalue weighted by Gasteiger charge is -2.10. The van der Waals surface area contributed by atoms with Crippen molar-refractivity contribution in [3.63, 3.8) is 0 Å². The lowest BCUT2D eigenvalue weighted by molar-refractivity contribution is 0.188. The number of methoxy groups -OCH3 is 3. The van der Waals surface area contributed by atoms with Crippen LogP contribution in [0.1, 0.15) is 0 Å². The fourth-order valence-electron chi connectivity index (χ4n) is 3.31. The molecular weight excluding hydrogens is 330 g/mol. The van der Waals surface area contributed by atoms with Crippen LogP contribution in [0.3, 0.4) is 0 Å². The Bertz CT molecular complexity index is 1030. The van der Waals surface area contributed by atoms with E-state index in [1.807, 2.05) is 18.2 Å². The van der Waals surface area contributed by atoms with E-state index in [9.17, 15) is 0 Å². The maximum Gasteiger partial charge on any atom is 0.162 e. The molecule has 0 unspecified atom stereocenters. The van der Waals surface area contributed by atoms with E-state index < -0.39 is 0 Å². The van der Waals surface area contributed by atoms with Gasteiger partial charge in [0.05, 0.1) is 26.3 Å². The van der Waals surface area contributed by atoms with Crippen molar-refractivity contribution in [3.05, 3.63) is 42.7 Å². The van der Waals surface area contributed by atoms with Crippen molar-refractivity contribution in [2.45, 2.75) is 6.54 Å². The van der Waals surface area contributed by atoms with Crippen LogP contribution in [0.4, 0.5) is 0 Å². The average Bonchev–Trinajstić information content (AvgIpc) is 3.25. The molecule has 0 amide bonds. The van der Waals surface area contributed by atoms with Gasteiger partial charge in [0.15, 0.2) is 11.5 Å². The van der Waals surface area contributed by atoms with Gasteiger partial charge in [-0.3, -0.25) is 0 Å². The monoisotopic (exact) mass is 351 g/mol. The normalized spacial score (nSPS) is 11.3. The van der Waals surface area contributed by atoms with Gasteiger partial charge in [-0.1, -0.05) is 0 Å². The fourth-order valence-corrected chi connectivity index (χ4v) is 3.31. The molecule has 4 rings (SSSR count). The van der Waals surface area contributed by atoms with Gasteiger partial charge < -0.3 is 23.8 Å². The smallest absolute Gasteiger partial charge is 0.162 e. The summed E-state index contributed by atoms with van der Waals surface area (Å²) in [6.45, 7) is 1.38. The van der Waals surface area contributed by atoms with Crippen LogP contribution < -0.4 is 9.47 Å². The van der Waals surface area contributed by atoms with Gasteiger partial charge in [-0.15, -0.1) is 0 Å². The standard InChI is InChI=1S/C20H21N3O3/c1-24-8-7-23-12-15(16-9-13-5-4-6-21-20(13)22-16)14-10-18(25-2)19(26-3)11-17(14)23/h4-6,9-12H,7-8H2,1-3H3,(H,21,22).